The van der Waals surface area contributed by atoms with Gasteiger partial charge in [0, 0.05) is 24.1 Å². The fourth-order valence-electron chi connectivity index (χ4n) is 5.00. The molecule has 4 rings (SSSR count). The maximum Gasteiger partial charge on any atom is 0.119 e. The minimum Gasteiger partial charge on any atom is -0.497 e. The van der Waals surface area contributed by atoms with E-state index in [1.165, 1.54) is 11.8 Å². The molecule has 1 heterocycles. The Morgan fingerprint density at radius 1 is 1.03 bits per heavy atom. The molecule has 29 heavy (non-hydrogen) atoms. The molecule has 1 aliphatic heterocycles. The molecule has 3 atom stereocenters. The highest BCUT2D eigenvalue weighted by molar-refractivity contribution is 6.04. The zero-order valence-corrected chi connectivity index (χ0v) is 17.5. The summed E-state index contributed by atoms with van der Waals surface area (Å²) in [5.41, 5.74) is 2.16. The van der Waals surface area contributed by atoms with Crippen LogP contribution >= 0.6 is 0 Å². The summed E-state index contributed by atoms with van der Waals surface area (Å²) in [6.45, 7) is 2.10. The second kappa shape index (κ2) is 9.14. The molecule has 1 aliphatic carbocycles. The van der Waals surface area contributed by atoms with E-state index >= 15 is 0 Å². The van der Waals surface area contributed by atoms with Crippen molar-refractivity contribution in [1.82, 2.24) is 4.90 Å². The van der Waals surface area contributed by atoms with Crippen molar-refractivity contribution >= 4 is 16.5 Å². The summed E-state index contributed by atoms with van der Waals surface area (Å²) in [6.07, 6.45) is 6.31. The number of ether oxygens (including phenoxy) is 1. The van der Waals surface area contributed by atoms with Crippen molar-refractivity contribution in [3.05, 3.63) is 42.0 Å². The Labute approximate surface area is 173 Å². The summed E-state index contributed by atoms with van der Waals surface area (Å²) in [6, 6.07) is 13.1. The van der Waals surface area contributed by atoms with Gasteiger partial charge < -0.3 is 14.7 Å². The summed E-state index contributed by atoms with van der Waals surface area (Å²) >= 11 is 0. The molecular formula is C24H32N2O3. The smallest absolute Gasteiger partial charge is 0.119 e. The lowest BCUT2D eigenvalue weighted by Crippen LogP contribution is -2.47. The van der Waals surface area contributed by atoms with E-state index < -0.39 is 0 Å². The van der Waals surface area contributed by atoms with Crippen molar-refractivity contribution in [3.63, 3.8) is 0 Å². The first-order chi connectivity index (χ1) is 14.2. The average molecular weight is 397 g/mol. The van der Waals surface area contributed by atoms with E-state index in [1.54, 1.807) is 14.2 Å². The Kier molecular flexibility index (Phi) is 6.36. The zero-order chi connectivity index (χ0) is 20.2. The van der Waals surface area contributed by atoms with E-state index in [-0.39, 0.29) is 6.10 Å². The van der Waals surface area contributed by atoms with Crippen LogP contribution in [0.1, 0.15) is 44.1 Å². The largest absolute Gasteiger partial charge is 0.497 e. The van der Waals surface area contributed by atoms with Crippen molar-refractivity contribution in [1.29, 1.82) is 0 Å². The zero-order valence-electron chi connectivity index (χ0n) is 17.5. The summed E-state index contributed by atoms with van der Waals surface area (Å²) in [4.78, 5) is 7.84. The molecule has 5 heteroatoms. The predicted molar refractivity (Wildman–Crippen MR) is 117 cm³/mol. The molecule has 0 radical (unpaired) electrons. The molecule has 2 fully saturated rings. The molecule has 0 amide bonds. The molecule has 1 saturated carbocycles. The van der Waals surface area contributed by atoms with Crippen LogP contribution in [0.2, 0.25) is 0 Å². The van der Waals surface area contributed by atoms with E-state index in [2.05, 4.69) is 40.4 Å². The van der Waals surface area contributed by atoms with Gasteiger partial charge in [0.2, 0.25) is 0 Å². The molecule has 156 valence electrons. The van der Waals surface area contributed by atoms with Gasteiger partial charge >= 0.3 is 0 Å². The second-order valence-corrected chi connectivity index (χ2v) is 8.40. The van der Waals surface area contributed by atoms with Gasteiger partial charge in [0.05, 0.1) is 18.9 Å². The van der Waals surface area contributed by atoms with Crippen molar-refractivity contribution in [2.45, 2.75) is 50.7 Å². The molecule has 1 saturated heterocycles. The Morgan fingerprint density at radius 3 is 2.66 bits per heavy atom. The van der Waals surface area contributed by atoms with Crippen LogP contribution in [0, 0.1) is 5.92 Å². The molecular weight excluding hydrogens is 364 g/mol. The highest BCUT2D eigenvalue weighted by atomic mass is 16.6. The lowest BCUT2D eigenvalue weighted by molar-refractivity contribution is 0.0470. The highest BCUT2D eigenvalue weighted by Gasteiger charge is 2.32. The minimum atomic E-state index is -0.140. The monoisotopic (exact) mass is 396 g/mol. The van der Waals surface area contributed by atoms with Gasteiger partial charge in [-0.25, -0.2) is 0 Å². The van der Waals surface area contributed by atoms with Gasteiger partial charge in [-0.15, -0.1) is 0 Å². The molecule has 2 aliphatic rings. The number of oxime groups is 1. The number of benzene rings is 2. The molecule has 0 spiro atoms. The summed E-state index contributed by atoms with van der Waals surface area (Å²) < 4.78 is 5.34. The highest BCUT2D eigenvalue weighted by Crippen LogP contribution is 2.30. The molecule has 0 bridgehead atoms. The first-order valence-electron chi connectivity index (χ1n) is 10.8. The molecule has 2 aromatic rings. The normalized spacial score (nSPS) is 26.4. The van der Waals surface area contributed by atoms with Gasteiger partial charge in [-0.1, -0.05) is 23.4 Å². The van der Waals surface area contributed by atoms with Gasteiger partial charge in [0.15, 0.2) is 0 Å². The number of aliphatic hydroxyl groups excluding tert-OH is 1. The number of piperidine rings is 1. The first-order valence-corrected chi connectivity index (χ1v) is 10.8. The van der Waals surface area contributed by atoms with Crippen LogP contribution in [0.15, 0.2) is 41.6 Å². The van der Waals surface area contributed by atoms with Gasteiger partial charge in [-0.2, -0.15) is 0 Å². The van der Waals surface area contributed by atoms with Crippen LogP contribution in [0.3, 0.4) is 0 Å². The standard InChI is InChI=1S/C24H32N2O3/c1-28-23-11-10-17-13-19(9-8-18(17)14-23)24(25-29-2)20-5-4-12-26(16-20)21-6-3-7-22(27)15-21/h8-11,13-14,20-22,27H,3-7,12,15-16H2,1-2H3/b25-24-. The topological polar surface area (TPSA) is 54.3 Å². The van der Waals surface area contributed by atoms with Crippen LogP contribution in [0.25, 0.3) is 10.8 Å². The van der Waals surface area contributed by atoms with Crippen molar-refractivity contribution < 1.29 is 14.7 Å². The third-order valence-corrected chi connectivity index (χ3v) is 6.51. The fourth-order valence-corrected chi connectivity index (χ4v) is 5.00. The van der Waals surface area contributed by atoms with Gasteiger partial charge in [-0.3, -0.25) is 4.90 Å². The number of likely N-dealkylation sites (tertiary alicyclic amines) is 1. The Bertz CT molecular complexity index is 866. The van der Waals surface area contributed by atoms with E-state index in [0.29, 0.717) is 12.0 Å². The van der Waals surface area contributed by atoms with Crippen LogP contribution in [0.4, 0.5) is 0 Å². The third kappa shape index (κ3) is 4.57. The van der Waals surface area contributed by atoms with Gasteiger partial charge in [-0.05, 0) is 74.0 Å². The molecule has 0 aromatic heterocycles. The molecule has 1 N–H and O–H groups in total. The number of hydrogen-bond acceptors (Lipinski definition) is 5. The SMILES string of the molecule is CO/N=C(/c1ccc2cc(OC)ccc2c1)C1CCCN(C2CCCC(O)C2)C1. The maximum absolute atomic E-state index is 10.1. The van der Waals surface area contributed by atoms with E-state index in [9.17, 15) is 5.11 Å². The van der Waals surface area contributed by atoms with Gasteiger partial charge in [0.25, 0.3) is 0 Å². The minimum absolute atomic E-state index is 0.140. The summed E-state index contributed by atoms with van der Waals surface area (Å²) in [5.74, 6) is 1.21. The maximum atomic E-state index is 10.1. The summed E-state index contributed by atoms with van der Waals surface area (Å²) in [5, 5.41) is 16.9. The van der Waals surface area contributed by atoms with Crippen molar-refractivity contribution in [2.75, 3.05) is 27.3 Å². The van der Waals surface area contributed by atoms with E-state index in [1.807, 2.05) is 6.07 Å². The van der Waals surface area contributed by atoms with E-state index in [0.717, 1.165) is 67.6 Å². The van der Waals surface area contributed by atoms with Gasteiger partial charge in [0.1, 0.15) is 12.9 Å². The average Bonchev–Trinajstić information content (AvgIpc) is 2.77. The number of nitrogens with zero attached hydrogens (tertiary/aromatic N) is 2. The second-order valence-electron chi connectivity index (χ2n) is 8.40. The van der Waals surface area contributed by atoms with E-state index in [4.69, 9.17) is 9.57 Å². The number of fused-ring (bicyclic) bond motifs is 1. The van der Waals surface area contributed by atoms with Crippen molar-refractivity contribution in [3.8, 4) is 5.75 Å². The fraction of sp³-hybridized carbons (Fsp3) is 0.542. The quantitative estimate of drug-likeness (QED) is 0.607. The lowest BCUT2D eigenvalue weighted by Gasteiger charge is -2.41. The van der Waals surface area contributed by atoms with Crippen LogP contribution in [-0.2, 0) is 4.84 Å². The van der Waals surface area contributed by atoms with Crippen LogP contribution in [0.5, 0.6) is 5.75 Å². The van der Waals surface area contributed by atoms with Crippen molar-refractivity contribution in [2.24, 2.45) is 11.1 Å². The Morgan fingerprint density at radius 2 is 1.86 bits per heavy atom. The number of aliphatic hydroxyl groups is 1. The Balaban J connectivity index is 1.57. The third-order valence-electron chi connectivity index (χ3n) is 6.51. The molecule has 5 nitrogen and oxygen atoms in total. The number of hydrogen-bond donors (Lipinski definition) is 1. The molecule has 2 aromatic carbocycles. The lowest BCUT2D eigenvalue weighted by atomic mass is 9.85. The first kappa shape index (κ1) is 20.2. The Hall–Kier alpha value is -2.11. The van der Waals surface area contributed by atoms with Crippen LogP contribution in [-0.4, -0.2) is 55.2 Å². The summed E-state index contributed by atoms with van der Waals surface area (Å²) in [7, 11) is 3.32. The number of methoxy groups -OCH3 is 1. The van der Waals surface area contributed by atoms with Crippen LogP contribution < -0.4 is 4.74 Å². The molecule has 3 unspecified atom stereocenters. The number of rotatable bonds is 5. The predicted octanol–water partition coefficient (Wildman–Crippen LogP) is 4.21.